The summed E-state index contributed by atoms with van der Waals surface area (Å²) in [5.41, 5.74) is 0.874. The van der Waals surface area contributed by atoms with Crippen molar-refractivity contribution in [3.8, 4) is 5.75 Å². The van der Waals surface area contributed by atoms with E-state index >= 15 is 0 Å². The maximum atomic E-state index is 12.1. The smallest absolute Gasteiger partial charge is 0.255 e. The zero-order valence-electron chi connectivity index (χ0n) is 14.0. The Kier molecular flexibility index (Phi) is 5.67. The minimum Gasteiger partial charge on any atom is -0.494 e. The number of nitrogens with zero attached hydrogens (tertiary/aromatic N) is 2. The van der Waals surface area contributed by atoms with Crippen molar-refractivity contribution in [1.82, 2.24) is 10.3 Å². The van der Waals surface area contributed by atoms with Crippen LogP contribution in [0.15, 0.2) is 18.2 Å². The van der Waals surface area contributed by atoms with E-state index in [-0.39, 0.29) is 11.8 Å². The van der Waals surface area contributed by atoms with Crippen LogP contribution in [-0.2, 0) is 4.79 Å². The van der Waals surface area contributed by atoms with Crippen LogP contribution in [0.4, 0.5) is 13.9 Å². The minimum atomic E-state index is -2.50. The third-order valence-electron chi connectivity index (χ3n) is 4.40. The molecule has 1 amide bonds. The van der Waals surface area contributed by atoms with E-state index in [1.165, 1.54) is 0 Å². The van der Waals surface area contributed by atoms with Crippen LogP contribution in [0.2, 0.25) is 0 Å². The molecule has 0 aliphatic carbocycles. The van der Waals surface area contributed by atoms with Crippen molar-refractivity contribution >= 4 is 32.6 Å². The number of hydrogen-bond acceptors (Lipinski definition) is 5. The molecular weight excluding hydrogens is 348 g/mol. The molecule has 8 heteroatoms. The van der Waals surface area contributed by atoms with Gasteiger partial charge in [0, 0.05) is 19.5 Å². The Bertz CT molecular complexity index is 730. The molecule has 2 aromatic rings. The quantitative estimate of drug-likeness (QED) is 0.849. The summed E-state index contributed by atoms with van der Waals surface area (Å²) in [5, 5.41) is 3.23. The largest absolute Gasteiger partial charge is 0.494 e. The number of ether oxygens (including phenoxy) is 1. The summed E-state index contributed by atoms with van der Waals surface area (Å²) in [6.45, 7) is 1.06. The van der Waals surface area contributed by atoms with Crippen molar-refractivity contribution < 1.29 is 18.3 Å². The fraction of sp³-hybridized carbons (Fsp3) is 0.529. The molecule has 2 heterocycles. The Morgan fingerprint density at radius 2 is 2.20 bits per heavy atom. The van der Waals surface area contributed by atoms with E-state index in [1.54, 1.807) is 18.4 Å². The van der Waals surface area contributed by atoms with Crippen LogP contribution in [0.1, 0.15) is 19.3 Å². The van der Waals surface area contributed by atoms with E-state index < -0.39 is 13.0 Å². The predicted octanol–water partition coefficient (Wildman–Crippen LogP) is 3.29. The number of carbonyl (C=O) groups is 1. The van der Waals surface area contributed by atoms with Gasteiger partial charge in [0.15, 0.2) is 5.13 Å². The monoisotopic (exact) mass is 369 g/mol. The van der Waals surface area contributed by atoms with Crippen molar-refractivity contribution in [1.29, 1.82) is 0 Å². The summed E-state index contributed by atoms with van der Waals surface area (Å²) in [6, 6.07) is 5.88. The highest BCUT2D eigenvalue weighted by molar-refractivity contribution is 7.22. The van der Waals surface area contributed by atoms with Gasteiger partial charge >= 0.3 is 0 Å². The van der Waals surface area contributed by atoms with Crippen molar-refractivity contribution in [2.24, 2.45) is 5.92 Å². The number of nitrogens with one attached hydrogen (secondary N) is 1. The molecule has 1 aliphatic heterocycles. The molecule has 3 rings (SSSR count). The van der Waals surface area contributed by atoms with Gasteiger partial charge in [-0.15, -0.1) is 0 Å². The SMILES string of the molecule is COc1cccc2sc(N3CCC(CC(=O)NCC(F)F)CC3)nc12. The number of piperidine rings is 1. The summed E-state index contributed by atoms with van der Waals surface area (Å²) >= 11 is 1.63. The van der Waals surface area contributed by atoms with Crippen LogP contribution in [-0.4, -0.2) is 44.1 Å². The highest BCUT2D eigenvalue weighted by atomic mass is 32.1. The van der Waals surface area contributed by atoms with Gasteiger partial charge in [-0.1, -0.05) is 17.4 Å². The van der Waals surface area contributed by atoms with Crippen molar-refractivity contribution in [3.63, 3.8) is 0 Å². The first-order valence-electron chi connectivity index (χ1n) is 8.30. The molecule has 0 radical (unpaired) electrons. The Hall–Kier alpha value is -1.96. The molecule has 1 fully saturated rings. The lowest BCUT2D eigenvalue weighted by molar-refractivity contribution is -0.122. The number of amides is 1. The fourth-order valence-corrected chi connectivity index (χ4v) is 4.10. The molecule has 136 valence electrons. The summed E-state index contributed by atoms with van der Waals surface area (Å²) in [4.78, 5) is 18.6. The number of carbonyl (C=O) groups excluding carboxylic acids is 1. The van der Waals surface area contributed by atoms with Gasteiger partial charge in [0.2, 0.25) is 5.91 Å². The van der Waals surface area contributed by atoms with Crippen LogP contribution < -0.4 is 15.0 Å². The average molecular weight is 369 g/mol. The van der Waals surface area contributed by atoms with Gasteiger partial charge in [-0.25, -0.2) is 13.8 Å². The standard InChI is InChI=1S/C17H21F2N3O2S/c1-24-12-3-2-4-13-16(12)21-17(25-13)22-7-5-11(6-8-22)9-15(23)20-10-14(18)19/h2-4,11,14H,5-10H2,1H3,(H,20,23). The minimum absolute atomic E-state index is 0.234. The number of hydrogen-bond donors (Lipinski definition) is 1. The number of alkyl halides is 2. The first-order valence-corrected chi connectivity index (χ1v) is 9.12. The van der Waals surface area contributed by atoms with Gasteiger partial charge in [0.25, 0.3) is 6.43 Å². The normalized spacial score (nSPS) is 15.8. The third kappa shape index (κ3) is 4.36. The van der Waals surface area contributed by atoms with E-state index in [0.29, 0.717) is 6.42 Å². The van der Waals surface area contributed by atoms with Gasteiger partial charge < -0.3 is 15.0 Å². The zero-order valence-corrected chi connectivity index (χ0v) is 14.8. The molecular formula is C17H21F2N3O2S. The summed E-state index contributed by atoms with van der Waals surface area (Å²) in [6.07, 6.45) is -0.472. The van der Waals surface area contributed by atoms with Crippen LogP contribution in [0.3, 0.4) is 0 Å². The third-order valence-corrected chi connectivity index (χ3v) is 5.48. The maximum Gasteiger partial charge on any atom is 0.255 e. The first kappa shape index (κ1) is 17.8. The number of fused-ring (bicyclic) bond motifs is 1. The van der Waals surface area contributed by atoms with Crippen LogP contribution in [0.5, 0.6) is 5.75 Å². The highest BCUT2D eigenvalue weighted by Crippen LogP contribution is 2.35. The number of aromatic nitrogens is 1. The van der Waals surface area contributed by atoms with E-state index in [2.05, 4.69) is 10.2 Å². The number of anilines is 1. The Labute approximate surface area is 149 Å². The molecule has 1 aromatic heterocycles. The summed E-state index contributed by atoms with van der Waals surface area (Å²) < 4.78 is 30.7. The van der Waals surface area contributed by atoms with E-state index in [4.69, 9.17) is 9.72 Å². The second-order valence-corrected chi connectivity index (χ2v) is 7.14. The second kappa shape index (κ2) is 7.95. The van der Waals surface area contributed by atoms with Gasteiger partial charge in [-0.05, 0) is 30.9 Å². The van der Waals surface area contributed by atoms with Crippen LogP contribution >= 0.6 is 11.3 Å². The number of rotatable bonds is 6. The molecule has 1 aliphatic rings. The Balaban J connectivity index is 1.56. The lowest BCUT2D eigenvalue weighted by Crippen LogP contribution is -2.36. The van der Waals surface area contributed by atoms with Crippen LogP contribution in [0, 0.1) is 5.92 Å². The highest BCUT2D eigenvalue weighted by Gasteiger charge is 2.24. The second-order valence-electron chi connectivity index (χ2n) is 6.13. The van der Waals surface area contributed by atoms with Crippen LogP contribution in [0.25, 0.3) is 10.2 Å². The Morgan fingerprint density at radius 1 is 1.44 bits per heavy atom. The van der Waals surface area contributed by atoms with E-state index in [9.17, 15) is 13.6 Å². The molecule has 1 N–H and O–H groups in total. The fourth-order valence-electron chi connectivity index (χ4n) is 3.07. The Morgan fingerprint density at radius 3 is 2.88 bits per heavy atom. The number of methoxy groups -OCH3 is 1. The number of thiazole rings is 1. The molecule has 0 saturated carbocycles. The lowest BCUT2D eigenvalue weighted by Gasteiger charge is -2.31. The predicted molar refractivity (Wildman–Crippen MR) is 94.7 cm³/mol. The molecule has 5 nitrogen and oxygen atoms in total. The lowest BCUT2D eigenvalue weighted by atomic mass is 9.93. The van der Waals surface area contributed by atoms with Gasteiger partial charge in [0.05, 0.1) is 18.4 Å². The molecule has 25 heavy (non-hydrogen) atoms. The van der Waals surface area contributed by atoms with E-state index in [1.807, 2.05) is 18.2 Å². The molecule has 0 unspecified atom stereocenters. The maximum absolute atomic E-state index is 12.1. The summed E-state index contributed by atoms with van der Waals surface area (Å²) in [5.74, 6) is 0.715. The van der Waals surface area contributed by atoms with E-state index in [0.717, 1.165) is 47.0 Å². The summed E-state index contributed by atoms with van der Waals surface area (Å²) in [7, 11) is 1.64. The van der Waals surface area contributed by atoms with Gasteiger partial charge in [-0.3, -0.25) is 4.79 Å². The zero-order chi connectivity index (χ0) is 17.8. The number of halogens is 2. The molecule has 0 atom stereocenters. The van der Waals surface area contributed by atoms with Crippen molar-refractivity contribution in [3.05, 3.63) is 18.2 Å². The van der Waals surface area contributed by atoms with Crippen molar-refractivity contribution in [2.75, 3.05) is 31.6 Å². The van der Waals surface area contributed by atoms with Crippen molar-refractivity contribution in [2.45, 2.75) is 25.7 Å². The number of benzene rings is 1. The number of para-hydroxylation sites is 1. The van der Waals surface area contributed by atoms with Gasteiger partial charge in [0.1, 0.15) is 11.3 Å². The molecule has 0 spiro atoms. The first-order chi connectivity index (χ1) is 12.1. The molecule has 0 bridgehead atoms. The topological polar surface area (TPSA) is 54.5 Å². The molecule has 1 aromatic carbocycles. The molecule has 1 saturated heterocycles. The average Bonchev–Trinajstić information content (AvgIpc) is 3.04. The van der Waals surface area contributed by atoms with Gasteiger partial charge in [-0.2, -0.15) is 0 Å².